The van der Waals surface area contributed by atoms with Crippen LogP contribution >= 0.6 is 0 Å². The second-order valence-corrected chi connectivity index (χ2v) is 12.0. The highest BCUT2D eigenvalue weighted by Gasteiger charge is 2.31. The Morgan fingerprint density at radius 3 is 1.39 bits per heavy atom. The molecule has 1 fully saturated rings. The Morgan fingerprint density at radius 2 is 0.972 bits per heavy atom. The fraction of sp³-hybridized carbons (Fsp3) is 0.900. The summed E-state index contributed by atoms with van der Waals surface area (Å²) >= 11 is 0. The fourth-order valence-corrected chi connectivity index (χ4v) is 4.79. The second-order valence-electron chi connectivity index (χ2n) is 12.0. The molecule has 0 bridgehead atoms. The standard InChI is InChI=1S/C30H54O6/c1-22(2)15-18-34-28(31)12-8-25-7-9-26(10-13-29(32)35-19-16-23(3)4)27(21-25)11-14-30(33)36-20-17-24(5)6/h22-27H,7-21H2,1-6H3. The van der Waals surface area contributed by atoms with Gasteiger partial charge in [0.2, 0.25) is 0 Å². The summed E-state index contributed by atoms with van der Waals surface area (Å²) in [5, 5.41) is 0. The van der Waals surface area contributed by atoms with Gasteiger partial charge >= 0.3 is 17.9 Å². The van der Waals surface area contributed by atoms with Crippen LogP contribution < -0.4 is 0 Å². The summed E-state index contributed by atoms with van der Waals surface area (Å²) in [6, 6.07) is 0. The van der Waals surface area contributed by atoms with Crippen molar-refractivity contribution >= 4 is 17.9 Å². The minimum atomic E-state index is -0.127. The van der Waals surface area contributed by atoms with Crippen molar-refractivity contribution in [2.24, 2.45) is 35.5 Å². The molecule has 0 heterocycles. The predicted molar refractivity (Wildman–Crippen MR) is 143 cm³/mol. The van der Waals surface area contributed by atoms with E-state index in [9.17, 15) is 14.4 Å². The zero-order chi connectivity index (χ0) is 26.9. The molecule has 0 saturated heterocycles. The molecule has 6 heteroatoms. The summed E-state index contributed by atoms with van der Waals surface area (Å²) in [6.45, 7) is 14.2. The Balaban J connectivity index is 2.54. The Kier molecular flexibility index (Phi) is 16.8. The first-order valence-corrected chi connectivity index (χ1v) is 14.5. The Hall–Kier alpha value is -1.59. The van der Waals surface area contributed by atoms with Gasteiger partial charge in [-0.05, 0) is 86.9 Å². The molecule has 0 N–H and O–H groups in total. The molecule has 1 aliphatic rings. The Morgan fingerprint density at radius 1 is 0.583 bits per heavy atom. The van der Waals surface area contributed by atoms with E-state index in [2.05, 4.69) is 41.5 Å². The van der Waals surface area contributed by atoms with Gasteiger partial charge in [0, 0.05) is 19.3 Å². The molecule has 0 amide bonds. The van der Waals surface area contributed by atoms with Gasteiger partial charge in [0.1, 0.15) is 0 Å². The molecular formula is C30H54O6. The minimum absolute atomic E-state index is 0.104. The van der Waals surface area contributed by atoms with Crippen molar-refractivity contribution in [3.8, 4) is 0 Å². The average molecular weight is 511 g/mol. The van der Waals surface area contributed by atoms with E-state index in [4.69, 9.17) is 14.2 Å². The predicted octanol–water partition coefficient (Wildman–Crippen LogP) is 7.13. The van der Waals surface area contributed by atoms with Gasteiger partial charge in [0.25, 0.3) is 0 Å². The summed E-state index contributed by atoms with van der Waals surface area (Å²) in [4.78, 5) is 36.7. The third-order valence-corrected chi connectivity index (χ3v) is 7.32. The number of hydrogen-bond acceptors (Lipinski definition) is 6. The SMILES string of the molecule is CC(C)CCOC(=O)CCC1CCC(CCC(=O)OCCC(C)C)C(CCC(=O)OCCC(C)C)C1. The van der Waals surface area contributed by atoms with Crippen LogP contribution in [0.2, 0.25) is 0 Å². The van der Waals surface area contributed by atoms with E-state index in [0.717, 1.165) is 57.8 Å². The molecule has 0 aromatic heterocycles. The van der Waals surface area contributed by atoms with Crippen LogP contribution in [-0.4, -0.2) is 37.7 Å². The van der Waals surface area contributed by atoms with Gasteiger partial charge in [-0.15, -0.1) is 0 Å². The molecule has 0 radical (unpaired) electrons. The molecule has 36 heavy (non-hydrogen) atoms. The van der Waals surface area contributed by atoms with E-state index < -0.39 is 0 Å². The topological polar surface area (TPSA) is 78.9 Å². The molecule has 6 nitrogen and oxygen atoms in total. The summed E-state index contributed by atoms with van der Waals surface area (Å²) in [6.07, 6.45) is 9.47. The fourth-order valence-electron chi connectivity index (χ4n) is 4.79. The van der Waals surface area contributed by atoms with E-state index in [0.29, 0.717) is 74.6 Å². The maximum Gasteiger partial charge on any atom is 0.305 e. The van der Waals surface area contributed by atoms with Crippen LogP contribution in [0.3, 0.4) is 0 Å². The molecule has 210 valence electrons. The second kappa shape index (κ2) is 18.6. The first-order valence-electron chi connectivity index (χ1n) is 14.5. The van der Waals surface area contributed by atoms with Crippen molar-refractivity contribution in [2.45, 2.75) is 119 Å². The molecule has 1 aliphatic carbocycles. The van der Waals surface area contributed by atoms with Gasteiger partial charge in [-0.25, -0.2) is 0 Å². The largest absolute Gasteiger partial charge is 0.466 e. The molecule has 0 aliphatic heterocycles. The van der Waals surface area contributed by atoms with E-state index in [1.165, 1.54) is 0 Å². The smallest absolute Gasteiger partial charge is 0.305 e. The minimum Gasteiger partial charge on any atom is -0.466 e. The van der Waals surface area contributed by atoms with Gasteiger partial charge in [-0.3, -0.25) is 14.4 Å². The lowest BCUT2D eigenvalue weighted by Gasteiger charge is -2.36. The first kappa shape index (κ1) is 32.4. The molecule has 0 aromatic rings. The van der Waals surface area contributed by atoms with Gasteiger partial charge in [-0.1, -0.05) is 48.0 Å². The van der Waals surface area contributed by atoms with Gasteiger partial charge < -0.3 is 14.2 Å². The van der Waals surface area contributed by atoms with Crippen molar-refractivity contribution in [3.05, 3.63) is 0 Å². The first-order chi connectivity index (χ1) is 17.1. The summed E-state index contributed by atoms with van der Waals surface area (Å²) < 4.78 is 16.2. The van der Waals surface area contributed by atoms with Crippen molar-refractivity contribution < 1.29 is 28.6 Å². The molecular weight excluding hydrogens is 456 g/mol. The van der Waals surface area contributed by atoms with Crippen LogP contribution in [0.15, 0.2) is 0 Å². The zero-order valence-corrected chi connectivity index (χ0v) is 24.0. The molecule has 0 spiro atoms. The highest BCUT2D eigenvalue weighted by molar-refractivity contribution is 5.70. The normalized spacial score (nSPS) is 20.1. The van der Waals surface area contributed by atoms with Crippen molar-refractivity contribution in [2.75, 3.05) is 19.8 Å². The number of esters is 3. The van der Waals surface area contributed by atoms with Gasteiger partial charge in [-0.2, -0.15) is 0 Å². The van der Waals surface area contributed by atoms with Crippen LogP contribution in [0, 0.1) is 35.5 Å². The van der Waals surface area contributed by atoms with Crippen LogP contribution in [0.25, 0.3) is 0 Å². The Labute approximate surface area is 220 Å². The van der Waals surface area contributed by atoms with Crippen LogP contribution in [0.4, 0.5) is 0 Å². The number of hydrogen-bond donors (Lipinski definition) is 0. The van der Waals surface area contributed by atoms with Crippen molar-refractivity contribution in [1.29, 1.82) is 0 Å². The summed E-state index contributed by atoms with van der Waals surface area (Å²) in [5.41, 5.74) is 0. The maximum absolute atomic E-state index is 12.3. The van der Waals surface area contributed by atoms with E-state index in [-0.39, 0.29) is 17.9 Å². The number of rotatable bonds is 18. The quantitative estimate of drug-likeness (QED) is 0.144. The number of carbonyl (C=O) groups excluding carboxylic acids is 3. The monoisotopic (exact) mass is 510 g/mol. The molecule has 3 atom stereocenters. The number of carbonyl (C=O) groups is 3. The molecule has 1 saturated carbocycles. The lowest BCUT2D eigenvalue weighted by molar-refractivity contribution is -0.146. The zero-order valence-electron chi connectivity index (χ0n) is 24.0. The molecule has 3 unspecified atom stereocenters. The third-order valence-electron chi connectivity index (χ3n) is 7.32. The van der Waals surface area contributed by atoms with Gasteiger partial charge in [0.05, 0.1) is 19.8 Å². The van der Waals surface area contributed by atoms with Gasteiger partial charge in [0.15, 0.2) is 0 Å². The highest BCUT2D eigenvalue weighted by atomic mass is 16.5. The van der Waals surface area contributed by atoms with E-state index in [1.807, 2.05) is 0 Å². The van der Waals surface area contributed by atoms with Crippen LogP contribution in [-0.2, 0) is 28.6 Å². The van der Waals surface area contributed by atoms with Crippen LogP contribution in [0.5, 0.6) is 0 Å². The van der Waals surface area contributed by atoms with Crippen molar-refractivity contribution in [1.82, 2.24) is 0 Å². The average Bonchev–Trinajstić information content (AvgIpc) is 2.79. The summed E-state index contributed by atoms with van der Waals surface area (Å²) in [7, 11) is 0. The lowest BCUT2D eigenvalue weighted by Crippen LogP contribution is -2.27. The summed E-state index contributed by atoms with van der Waals surface area (Å²) in [5.74, 6) is 2.43. The van der Waals surface area contributed by atoms with Crippen molar-refractivity contribution in [3.63, 3.8) is 0 Å². The third kappa shape index (κ3) is 16.2. The van der Waals surface area contributed by atoms with E-state index >= 15 is 0 Å². The maximum atomic E-state index is 12.3. The highest BCUT2D eigenvalue weighted by Crippen LogP contribution is 2.41. The lowest BCUT2D eigenvalue weighted by atomic mass is 9.69. The molecule has 0 aromatic carbocycles. The molecule has 1 rings (SSSR count). The number of ether oxygens (including phenoxy) is 3. The van der Waals surface area contributed by atoms with Crippen LogP contribution in [0.1, 0.15) is 119 Å². The Bertz CT molecular complexity index is 627. The van der Waals surface area contributed by atoms with E-state index in [1.54, 1.807) is 0 Å².